The van der Waals surface area contributed by atoms with Crippen LogP contribution in [0.5, 0.6) is 5.75 Å². The first-order valence-corrected chi connectivity index (χ1v) is 9.05. The Kier molecular flexibility index (Phi) is 5.68. The van der Waals surface area contributed by atoms with Crippen molar-refractivity contribution in [3.63, 3.8) is 0 Å². The summed E-state index contributed by atoms with van der Waals surface area (Å²) in [6.07, 6.45) is 5.04. The Labute approximate surface area is 165 Å². The van der Waals surface area contributed by atoms with Crippen LogP contribution in [0, 0.1) is 10.1 Å². The van der Waals surface area contributed by atoms with Gasteiger partial charge in [0.25, 0.3) is 11.6 Å². The maximum atomic E-state index is 12.7. The molecule has 0 atom stereocenters. The third-order valence-corrected chi connectivity index (χ3v) is 5.06. The highest BCUT2D eigenvalue weighted by Crippen LogP contribution is 2.35. The third-order valence-electron chi connectivity index (χ3n) is 3.74. The smallest absolute Gasteiger partial charge is 0.270 e. The summed E-state index contributed by atoms with van der Waals surface area (Å²) in [5, 5.41) is 10.8. The zero-order valence-electron chi connectivity index (χ0n) is 14.2. The number of thiocarbonyl (C=S) groups is 1. The standard InChI is InChI=1S/C19H14N2O4S2/c1-25-16-10-8-14(9-11-16)20-18(22)17(27-19(20)26)7-3-5-13-4-2-6-15(12-13)21(23)24/h2-12H,1H3/b5-3+,17-7-. The Hall–Kier alpha value is -2.97. The Morgan fingerprint density at radius 3 is 2.63 bits per heavy atom. The molecule has 1 saturated heterocycles. The number of ether oxygens (including phenoxy) is 1. The summed E-state index contributed by atoms with van der Waals surface area (Å²) in [6.45, 7) is 0. The number of non-ortho nitro benzene ring substituents is 1. The number of nitrogens with zero attached hydrogens (tertiary/aromatic N) is 2. The van der Waals surface area contributed by atoms with Crippen molar-refractivity contribution < 1.29 is 14.5 Å². The number of carbonyl (C=O) groups is 1. The molecule has 2 aromatic rings. The van der Waals surface area contributed by atoms with Gasteiger partial charge in [0.05, 0.1) is 22.6 Å². The van der Waals surface area contributed by atoms with Gasteiger partial charge < -0.3 is 4.74 Å². The van der Waals surface area contributed by atoms with E-state index in [0.717, 1.165) is 0 Å². The second-order valence-electron chi connectivity index (χ2n) is 5.45. The van der Waals surface area contributed by atoms with Gasteiger partial charge in [0.15, 0.2) is 4.32 Å². The molecule has 6 nitrogen and oxygen atoms in total. The number of hydrogen-bond acceptors (Lipinski definition) is 6. The van der Waals surface area contributed by atoms with Crippen molar-refractivity contribution in [3.8, 4) is 5.75 Å². The number of thioether (sulfide) groups is 1. The normalized spacial score (nSPS) is 15.7. The Bertz CT molecular complexity index is 968. The monoisotopic (exact) mass is 398 g/mol. The molecule has 2 aromatic carbocycles. The van der Waals surface area contributed by atoms with Crippen molar-refractivity contribution in [2.45, 2.75) is 0 Å². The predicted molar refractivity (Wildman–Crippen MR) is 111 cm³/mol. The topological polar surface area (TPSA) is 72.7 Å². The van der Waals surface area contributed by atoms with Crippen LogP contribution in [0.3, 0.4) is 0 Å². The van der Waals surface area contributed by atoms with Gasteiger partial charge >= 0.3 is 0 Å². The van der Waals surface area contributed by atoms with E-state index in [2.05, 4.69) is 0 Å². The summed E-state index contributed by atoms with van der Waals surface area (Å²) in [5.41, 5.74) is 1.36. The molecule has 27 heavy (non-hydrogen) atoms. The number of hydrogen-bond donors (Lipinski definition) is 0. The zero-order valence-corrected chi connectivity index (χ0v) is 15.8. The highest BCUT2D eigenvalue weighted by Gasteiger charge is 2.32. The highest BCUT2D eigenvalue weighted by atomic mass is 32.2. The van der Waals surface area contributed by atoms with Crippen LogP contribution in [0.1, 0.15) is 5.56 Å². The van der Waals surface area contributed by atoms with Crippen molar-refractivity contribution in [2.24, 2.45) is 0 Å². The number of nitro benzene ring substituents is 1. The van der Waals surface area contributed by atoms with E-state index < -0.39 is 4.92 Å². The van der Waals surface area contributed by atoms with E-state index in [1.54, 1.807) is 61.7 Å². The molecule has 0 saturated carbocycles. The number of allylic oxidation sites excluding steroid dienone is 2. The molecule has 0 aliphatic carbocycles. The van der Waals surface area contributed by atoms with Gasteiger partial charge in [-0.3, -0.25) is 19.8 Å². The van der Waals surface area contributed by atoms with Gasteiger partial charge in [-0.1, -0.05) is 48.3 Å². The first kappa shape index (κ1) is 18.8. The van der Waals surface area contributed by atoms with E-state index in [9.17, 15) is 14.9 Å². The van der Waals surface area contributed by atoms with Gasteiger partial charge in [0.2, 0.25) is 0 Å². The van der Waals surface area contributed by atoms with E-state index in [4.69, 9.17) is 17.0 Å². The van der Waals surface area contributed by atoms with Crippen LogP contribution in [0.15, 0.2) is 65.6 Å². The fourth-order valence-electron chi connectivity index (χ4n) is 2.42. The summed E-state index contributed by atoms with van der Waals surface area (Å²) in [4.78, 5) is 25.0. The van der Waals surface area contributed by atoms with Gasteiger partial charge in [-0.15, -0.1) is 0 Å². The third kappa shape index (κ3) is 4.24. The molecule has 1 fully saturated rings. The second kappa shape index (κ2) is 8.15. The molecular formula is C19H14N2O4S2. The number of rotatable bonds is 5. The van der Waals surface area contributed by atoms with Crippen LogP contribution in [0.4, 0.5) is 11.4 Å². The second-order valence-corrected chi connectivity index (χ2v) is 7.12. The number of methoxy groups -OCH3 is 1. The van der Waals surface area contributed by atoms with Crippen molar-refractivity contribution in [1.29, 1.82) is 0 Å². The number of amides is 1. The lowest BCUT2D eigenvalue weighted by Gasteiger charge is -2.14. The van der Waals surface area contributed by atoms with Crippen LogP contribution in [-0.2, 0) is 4.79 Å². The first-order valence-electron chi connectivity index (χ1n) is 7.83. The summed E-state index contributed by atoms with van der Waals surface area (Å²) < 4.78 is 5.57. The van der Waals surface area contributed by atoms with Crippen LogP contribution in [0.25, 0.3) is 6.08 Å². The molecule has 0 radical (unpaired) electrons. The summed E-state index contributed by atoms with van der Waals surface area (Å²) in [6, 6.07) is 13.3. The maximum Gasteiger partial charge on any atom is 0.270 e. The minimum Gasteiger partial charge on any atom is -0.497 e. The van der Waals surface area contributed by atoms with Crippen LogP contribution < -0.4 is 9.64 Å². The molecule has 8 heteroatoms. The zero-order chi connectivity index (χ0) is 19.4. The largest absolute Gasteiger partial charge is 0.497 e. The molecule has 1 aliphatic rings. The minimum absolute atomic E-state index is 0.0166. The fraction of sp³-hybridized carbons (Fsp3) is 0.0526. The number of carbonyl (C=O) groups excluding carboxylic acids is 1. The molecule has 136 valence electrons. The van der Waals surface area contributed by atoms with Gasteiger partial charge in [0, 0.05) is 12.1 Å². The first-order chi connectivity index (χ1) is 13.0. The fourth-order valence-corrected chi connectivity index (χ4v) is 3.67. The van der Waals surface area contributed by atoms with Gasteiger partial charge in [-0.05, 0) is 35.9 Å². The minimum atomic E-state index is -0.447. The molecule has 1 amide bonds. The summed E-state index contributed by atoms with van der Waals surface area (Å²) in [5.74, 6) is 0.485. The Morgan fingerprint density at radius 2 is 1.96 bits per heavy atom. The van der Waals surface area contributed by atoms with Gasteiger partial charge in [0.1, 0.15) is 5.75 Å². The Morgan fingerprint density at radius 1 is 1.22 bits per heavy atom. The predicted octanol–water partition coefficient (Wildman–Crippen LogP) is 4.57. The molecule has 0 bridgehead atoms. The lowest BCUT2D eigenvalue weighted by Crippen LogP contribution is -2.27. The van der Waals surface area contributed by atoms with Crippen molar-refractivity contribution in [1.82, 2.24) is 0 Å². The van der Waals surface area contributed by atoms with Gasteiger partial charge in [-0.2, -0.15) is 0 Å². The van der Waals surface area contributed by atoms with E-state index in [-0.39, 0.29) is 11.6 Å². The molecule has 0 N–H and O–H groups in total. The maximum absolute atomic E-state index is 12.7. The number of anilines is 1. The van der Waals surface area contributed by atoms with E-state index >= 15 is 0 Å². The van der Waals surface area contributed by atoms with Gasteiger partial charge in [-0.25, -0.2) is 0 Å². The molecule has 1 heterocycles. The van der Waals surface area contributed by atoms with Crippen LogP contribution in [-0.4, -0.2) is 22.3 Å². The van der Waals surface area contributed by atoms with Crippen LogP contribution >= 0.6 is 24.0 Å². The Balaban J connectivity index is 1.77. The van der Waals surface area contributed by atoms with Crippen molar-refractivity contribution >= 4 is 51.7 Å². The summed E-state index contributed by atoms with van der Waals surface area (Å²) in [7, 11) is 1.57. The van der Waals surface area contributed by atoms with E-state index in [1.807, 2.05) is 0 Å². The lowest BCUT2D eigenvalue weighted by molar-refractivity contribution is -0.384. The molecular weight excluding hydrogens is 384 g/mol. The van der Waals surface area contributed by atoms with E-state index in [0.29, 0.717) is 26.2 Å². The van der Waals surface area contributed by atoms with Crippen molar-refractivity contribution in [3.05, 3.63) is 81.3 Å². The molecule has 0 aromatic heterocycles. The van der Waals surface area contributed by atoms with E-state index in [1.165, 1.54) is 28.8 Å². The SMILES string of the molecule is COc1ccc(N2C(=O)/C(=C/C=C/c3cccc([N+](=O)[O-])c3)SC2=S)cc1. The van der Waals surface area contributed by atoms with Crippen molar-refractivity contribution in [2.75, 3.05) is 12.0 Å². The summed E-state index contributed by atoms with van der Waals surface area (Å²) >= 11 is 6.53. The molecule has 3 rings (SSSR count). The number of nitro groups is 1. The average Bonchev–Trinajstić information content (AvgIpc) is 2.95. The molecule has 1 aliphatic heterocycles. The average molecular weight is 398 g/mol. The lowest BCUT2D eigenvalue weighted by atomic mass is 10.2. The van der Waals surface area contributed by atoms with Crippen LogP contribution in [0.2, 0.25) is 0 Å². The molecule has 0 unspecified atom stereocenters. The number of benzene rings is 2. The molecule has 0 spiro atoms. The highest BCUT2D eigenvalue weighted by molar-refractivity contribution is 8.27. The quantitative estimate of drug-likeness (QED) is 0.318.